The molecule has 3 heterocycles. The second-order valence-corrected chi connectivity index (χ2v) is 5.48. The van der Waals surface area contributed by atoms with E-state index >= 15 is 0 Å². The van der Waals surface area contributed by atoms with Crippen LogP contribution in [0, 0.1) is 0 Å². The monoisotopic (exact) mass is 287 g/mol. The van der Waals surface area contributed by atoms with Gasteiger partial charge in [-0.15, -0.1) is 0 Å². The molecule has 2 aromatic heterocycles. The zero-order valence-corrected chi connectivity index (χ0v) is 12.6. The highest BCUT2D eigenvalue weighted by molar-refractivity contribution is 5.89. The molecule has 0 aliphatic carbocycles. The summed E-state index contributed by atoms with van der Waals surface area (Å²) >= 11 is 0. The summed E-state index contributed by atoms with van der Waals surface area (Å²) in [5.41, 5.74) is 2.52. The Labute approximate surface area is 124 Å². The van der Waals surface area contributed by atoms with Crippen LogP contribution in [0.5, 0.6) is 0 Å². The molecule has 1 atom stereocenters. The largest absolute Gasteiger partial charge is 0.465 e. The molecule has 5 nitrogen and oxygen atoms in total. The van der Waals surface area contributed by atoms with Crippen molar-refractivity contribution in [2.75, 3.05) is 20.2 Å². The zero-order chi connectivity index (χ0) is 14.8. The number of carbonyl (C=O) groups excluding carboxylic acids is 1. The van der Waals surface area contributed by atoms with E-state index < -0.39 is 0 Å². The summed E-state index contributed by atoms with van der Waals surface area (Å²) in [6, 6.07) is 4.02. The fourth-order valence-corrected chi connectivity index (χ4v) is 3.12. The highest BCUT2D eigenvalue weighted by atomic mass is 16.5. The number of methoxy groups -OCH3 is 1. The van der Waals surface area contributed by atoms with Gasteiger partial charge in [-0.3, -0.25) is 4.90 Å². The molecular weight excluding hydrogens is 266 g/mol. The van der Waals surface area contributed by atoms with Gasteiger partial charge < -0.3 is 9.14 Å². The van der Waals surface area contributed by atoms with E-state index in [0.29, 0.717) is 11.6 Å². The molecule has 0 saturated carbocycles. The molecule has 0 N–H and O–H groups in total. The third kappa shape index (κ3) is 2.65. The SMILES string of the molecule is CCN1CCCCC1c1cn2cc(C(=O)OC)ccc2n1. The molecule has 1 unspecified atom stereocenters. The van der Waals surface area contributed by atoms with Crippen molar-refractivity contribution in [2.24, 2.45) is 0 Å². The van der Waals surface area contributed by atoms with E-state index in [1.807, 2.05) is 16.7 Å². The van der Waals surface area contributed by atoms with E-state index in [4.69, 9.17) is 9.72 Å². The van der Waals surface area contributed by atoms with Gasteiger partial charge in [0, 0.05) is 12.4 Å². The van der Waals surface area contributed by atoms with Gasteiger partial charge in [0.2, 0.25) is 0 Å². The van der Waals surface area contributed by atoms with Crippen LogP contribution in [0.25, 0.3) is 5.65 Å². The molecular formula is C16H21N3O2. The number of hydrogen-bond donors (Lipinski definition) is 0. The standard InChI is InChI=1S/C16H21N3O2/c1-3-18-9-5-4-6-14(18)13-11-19-10-12(16(20)21-2)7-8-15(19)17-13/h7-8,10-11,14H,3-6,9H2,1-2H3. The molecule has 0 aromatic carbocycles. The molecule has 0 spiro atoms. The van der Waals surface area contributed by atoms with E-state index in [9.17, 15) is 4.79 Å². The molecule has 112 valence electrons. The number of pyridine rings is 1. The molecule has 0 amide bonds. The lowest BCUT2D eigenvalue weighted by Gasteiger charge is -2.33. The highest BCUT2D eigenvalue weighted by Gasteiger charge is 2.24. The molecule has 2 aromatic rings. The van der Waals surface area contributed by atoms with Crippen molar-refractivity contribution in [1.82, 2.24) is 14.3 Å². The third-order valence-electron chi connectivity index (χ3n) is 4.25. The fourth-order valence-electron chi connectivity index (χ4n) is 3.12. The van der Waals surface area contributed by atoms with E-state index in [0.717, 1.165) is 30.9 Å². The summed E-state index contributed by atoms with van der Waals surface area (Å²) in [4.78, 5) is 18.8. The van der Waals surface area contributed by atoms with E-state index in [1.165, 1.54) is 20.0 Å². The molecule has 0 radical (unpaired) electrons. The van der Waals surface area contributed by atoms with Gasteiger partial charge >= 0.3 is 5.97 Å². The Morgan fingerprint density at radius 2 is 2.24 bits per heavy atom. The second-order valence-electron chi connectivity index (χ2n) is 5.48. The minimum absolute atomic E-state index is 0.319. The summed E-state index contributed by atoms with van der Waals surface area (Å²) < 4.78 is 6.68. The Balaban J connectivity index is 1.94. The van der Waals surface area contributed by atoms with Crippen molar-refractivity contribution in [1.29, 1.82) is 0 Å². The molecule has 1 fully saturated rings. The van der Waals surface area contributed by atoms with Crippen molar-refractivity contribution in [2.45, 2.75) is 32.2 Å². The minimum Gasteiger partial charge on any atom is -0.465 e. The quantitative estimate of drug-likeness (QED) is 0.814. The summed E-state index contributed by atoms with van der Waals surface area (Å²) in [7, 11) is 1.40. The smallest absolute Gasteiger partial charge is 0.339 e. The van der Waals surface area contributed by atoms with E-state index in [1.54, 1.807) is 12.3 Å². The normalized spacial score (nSPS) is 19.8. The number of carbonyl (C=O) groups is 1. The number of aromatic nitrogens is 2. The van der Waals surface area contributed by atoms with Crippen LogP contribution in [0.3, 0.4) is 0 Å². The van der Waals surface area contributed by atoms with Gasteiger partial charge in [-0.25, -0.2) is 9.78 Å². The van der Waals surface area contributed by atoms with Gasteiger partial charge in [-0.05, 0) is 38.1 Å². The predicted octanol–water partition coefficient (Wildman–Crippen LogP) is 2.67. The van der Waals surface area contributed by atoms with Crippen molar-refractivity contribution in [3.05, 3.63) is 35.8 Å². The van der Waals surface area contributed by atoms with Gasteiger partial charge in [0.05, 0.1) is 24.4 Å². The Kier molecular flexibility index (Phi) is 3.92. The predicted molar refractivity (Wildman–Crippen MR) is 80.4 cm³/mol. The number of hydrogen-bond acceptors (Lipinski definition) is 4. The first-order chi connectivity index (χ1) is 10.2. The van der Waals surface area contributed by atoms with Gasteiger partial charge in [0.1, 0.15) is 5.65 Å². The number of esters is 1. The first-order valence-corrected chi connectivity index (χ1v) is 7.54. The van der Waals surface area contributed by atoms with Crippen molar-refractivity contribution >= 4 is 11.6 Å². The first kappa shape index (κ1) is 14.1. The maximum Gasteiger partial charge on any atom is 0.339 e. The van der Waals surface area contributed by atoms with Gasteiger partial charge in [-0.2, -0.15) is 0 Å². The number of ether oxygens (including phenoxy) is 1. The highest BCUT2D eigenvalue weighted by Crippen LogP contribution is 2.30. The molecule has 5 heteroatoms. The zero-order valence-electron chi connectivity index (χ0n) is 12.6. The van der Waals surface area contributed by atoms with Crippen LogP contribution in [0.1, 0.15) is 48.3 Å². The van der Waals surface area contributed by atoms with Crippen LogP contribution in [-0.2, 0) is 4.74 Å². The van der Waals surface area contributed by atoms with Crippen LogP contribution in [0.2, 0.25) is 0 Å². The molecule has 21 heavy (non-hydrogen) atoms. The lowest BCUT2D eigenvalue weighted by Crippen LogP contribution is -2.33. The average Bonchev–Trinajstić information content (AvgIpc) is 2.96. The van der Waals surface area contributed by atoms with Gasteiger partial charge in [-0.1, -0.05) is 13.3 Å². The Hall–Kier alpha value is -1.88. The van der Waals surface area contributed by atoms with E-state index in [-0.39, 0.29) is 5.97 Å². The summed E-state index contributed by atoms with van der Waals surface area (Å²) in [5.74, 6) is -0.319. The summed E-state index contributed by atoms with van der Waals surface area (Å²) in [6.45, 7) is 4.39. The number of imidazole rings is 1. The fraction of sp³-hybridized carbons (Fsp3) is 0.500. The Morgan fingerprint density at radius 1 is 1.38 bits per heavy atom. The van der Waals surface area contributed by atoms with E-state index in [2.05, 4.69) is 11.8 Å². The van der Waals surface area contributed by atoms with Gasteiger partial charge in [0.25, 0.3) is 0 Å². The Morgan fingerprint density at radius 3 is 3.00 bits per heavy atom. The van der Waals surface area contributed by atoms with Crippen molar-refractivity contribution in [3.63, 3.8) is 0 Å². The number of nitrogens with zero attached hydrogens (tertiary/aromatic N) is 3. The average molecular weight is 287 g/mol. The van der Waals surface area contributed by atoms with Crippen molar-refractivity contribution in [3.8, 4) is 0 Å². The minimum atomic E-state index is -0.319. The van der Waals surface area contributed by atoms with Crippen LogP contribution in [-0.4, -0.2) is 40.5 Å². The lowest BCUT2D eigenvalue weighted by atomic mass is 10.00. The third-order valence-corrected chi connectivity index (χ3v) is 4.25. The van der Waals surface area contributed by atoms with Crippen LogP contribution in [0.4, 0.5) is 0 Å². The van der Waals surface area contributed by atoms with Gasteiger partial charge in [0.15, 0.2) is 0 Å². The number of piperidine rings is 1. The Bertz CT molecular complexity index is 650. The molecule has 3 rings (SSSR count). The number of rotatable bonds is 3. The van der Waals surface area contributed by atoms with Crippen molar-refractivity contribution < 1.29 is 9.53 Å². The lowest BCUT2D eigenvalue weighted by molar-refractivity contribution is 0.0600. The van der Waals surface area contributed by atoms with Crippen LogP contribution >= 0.6 is 0 Å². The van der Waals surface area contributed by atoms with Crippen LogP contribution < -0.4 is 0 Å². The summed E-state index contributed by atoms with van der Waals surface area (Å²) in [6.07, 6.45) is 7.51. The maximum absolute atomic E-state index is 11.6. The topological polar surface area (TPSA) is 46.8 Å². The van der Waals surface area contributed by atoms with Crippen LogP contribution in [0.15, 0.2) is 24.5 Å². The first-order valence-electron chi connectivity index (χ1n) is 7.54. The summed E-state index contributed by atoms with van der Waals surface area (Å²) in [5, 5.41) is 0. The molecule has 1 saturated heterocycles. The second kappa shape index (κ2) is 5.85. The maximum atomic E-state index is 11.6. The molecule has 0 bridgehead atoms. The molecule has 1 aliphatic rings. The number of likely N-dealkylation sites (tertiary alicyclic amines) is 1. The number of fused-ring (bicyclic) bond motifs is 1. The molecule has 1 aliphatic heterocycles.